The van der Waals surface area contributed by atoms with Gasteiger partial charge >= 0.3 is 29.6 Å². The third kappa shape index (κ3) is 223. The topological polar surface area (TPSA) is 61.7 Å². The van der Waals surface area contributed by atoms with Crippen molar-refractivity contribution in [1.29, 1.82) is 0 Å². The maximum atomic E-state index is 8.64. The molecular weight excluding hydrogens is 165 g/mol. The second kappa shape index (κ2) is 56.7. The number of carbonyl (C=O) groups is 1. The third-order valence-electron chi connectivity index (χ3n) is 0.0393. The molecular formula is C4H12NNaO3S. The Morgan fingerprint density at radius 1 is 1.60 bits per heavy atom. The molecule has 0 aliphatic rings. The standard InChI is InChI=1S/CH3NS.CH2O3.2CH4.Na/c1-2-3;2-1-4-3;;;/h1H3;1,3H;2*1H4;/q;;;;+1/p-1. The maximum Gasteiger partial charge on any atom is 1.00 e. The van der Waals surface area contributed by atoms with Gasteiger partial charge in [-0.15, -0.1) is 0 Å². The van der Waals surface area contributed by atoms with Crippen LogP contribution in [0.4, 0.5) is 0 Å². The average molecular weight is 177 g/mol. The first-order valence-corrected chi connectivity index (χ1v) is 1.63. The summed E-state index contributed by atoms with van der Waals surface area (Å²) in [6, 6.07) is 0. The van der Waals surface area contributed by atoms with Crippen molar-refractivity contribution in [3.63, 3.8) is 0 Å². The molecule has 0 heterocycles. The van der Waals surface area contributed by atoms with Crippen LogP contribution in [0.15, 0.2) is 4.36 Å². The summed E-state index contributed by atoms with van der Waals surface area (Å²) in [5, 5.41) is 8.43. The predicted molar refractivity (Wildman–Crippen MR) is 36.3 cm³/mol. The minimum atomic E-state index is -0.181. The summed E-state index contributed by atoms with van der Waals surface area (Å²) >= 11 is 4.02. The molecule has 0 amide bonds. The second-order valence-electron chi connectivity index (χ2n) is 0.375. The number of hydrogen-bond acceptors (Lipinski definition) is 5. The monoisotopic (exact) mass is 177 g/mol. The molecule has 0 saturated heterocycles. The van der Waals surface area contributed by atoms with Crippen molar-refractivity contribution in [2.75, 3.05) is 7.05 Å². The Kier molecular flexibility index (Phi) is 178. The molecule has 0 aromatic heterocycles. The molecule has 0 saturated carbocycles. The molecule has 0 unspecified atom stereocenters. The first-order chi connectivity index (χ1) is 3.33. The average Bonchev–Trinajstić information content (AvgIpc) is 1.69. The number of carbonyl (C=O) groups excluding carboxylic acids is 1. The summed E-state index contributed by atoms with van der Waals surface area (Å²) in [6.07, 6.45) is 0. The zero-order valence-corrected chi connectivity index (χ0v) is 7.47. The molecule has 0 fully saturated rings. The number of nitrogens with zero attached hydrogens (tertiary/aromatic N) is 1. The van der Waals surface area contributed by atoms with Crippen molar-refractivity contribution in [3.8, 4) is 0 Å². The molecule has 0 rings (SSSR count). The molecule has 58 valence electrons. The first kappa shape index (κ1) is 31.4. The molecule has 0 aliphatic heterocycles. The molecule has 0 spiro atoms. The first-order valence-electron chi connectivity index (χ1n) is 1.27. The van der Waals surface area contributed by atoms with Gasteiger partial charge in [-0.2, -0.15) is 0 Å². The van der Waals surface area contributed by atoms with Crippen LogP contribution in [0.3, 0.4) is 0 Å². The summed E-state index contributed by atoms with van der Waals surface area (Å²) in [5.41, 5.74) is 0. The summed E-state index contributed by atoms with van der Waals surface area (Å²) in [5.74, 6) is 0. The van der Waals surface area contributed by atoms with Crippen LogP contribution in [0.5, 0.6) is 0 Å². The summed E-state index contributed by atoms with van der Waals surface area (Å²) < 4.78 is 3.08. The Morgan fingerprint density at radius 3 is 1.70 bits per heavy atom. The Balaban J connectivity index is -0.0000000131. The van der Waals surface area contributed by atoms with Crippen LogP contribution in [0.1, 0.15) is 14.9 Å². The van der Waals surface area contributed by atoms with E-state index in [1.54, 1.807) is 7.05 Å². The van der Waals surface area contributed by atoms with Gasteiger partial charge in [0.05, 0.1) is 0 Å². The number of hydrogen-bond donors (Lipinski definition) is 0. The normalized spacial score (nSPS) is 3.40. The smallest absolute Gasteiger partial charge is 0.662 e. The Hall–Kier alpha value is 0.450. The van der Waals surface area contributed by atoms with Crippen molar-refractivity contribution in [2.24, 2.45) is 4.36 Å². The molecule has 10 heavy (non-hydrogen) atoms. The van der Waals surface area contributed by atoms with Gasteiger partial charge in [0.15, 0.2) is 0 Å². The third-order valence-corrected chi connectivity index (χ3v) is 0.0393. The Labute approximate surface area is 89.4 Å². The zero-order chi connectivity index (χ0) is 6.12. The van der Waals surface area contributed by atoms with E-state index in [4.69, 9.17) is 10.1 Å². The summed E-state index contributed by atoms with van der Waals surface area (Å²) in [6.45, 7) is -0.181. The van der Waals surface area contributed by atoms with Gasteiger partial charge in [-0.3, -0.25) is 4.79 Å². The van der Waals surface area contributed by atoms with Crippen LogP contribution in [-0.2, 0) is 22.1 Å². The molecule has 0 radical (unpaired) electrons. The number of rotatable bonds is 1. The van der Waals surface area contributed by atoms with Gasteiger partial charge in [-0.25, -0.2) is 4.36 Å². The maximum absolute atomic E-state index is 8.64. The van der Waals surface area contributed by atoms with Crippen LogP contribution in [0.2, 0.25) is 0 Å². The van der Waals surface area contributed by atoms with E-state index in [0.717, 1.165) is 0 Å². The fourth-order valence-electron chi connectivity index (χ4n) is 0. The predicted octanol–water partition coefficient (Wildman–Crippen LogP) is -2.94. The van der Waals surface area contributed by atoms with Crippen LogP contribution in [0.25, 0.3) is 0 Å². The van der Waals surface area contributed by atoms with E-state index in [2.05, 4.69) is 21.7 Å². The van der Waals surface area contributed by atoms with Gasteiger partial charge in [0, 0.05) is 19.5 Å². The summed E-state index contributed by atoms with van der Waals surface area (Å²) in [4.78, 5) is 11.2. The van der Waals surface area contributed by atoms with Crippen molar-refractivity contribution in [1.82, 2.24) is 0 Å². The fraction of sp³-hybridized carbons (Fsp3) is 0.750. The van der Waals surface area contributed by atoms with Gasteiger partial charge < -0.3 is 10.1 Å². The van der Waals surface area contributed by atoms with Gasteiger partial charge in [-0.1, -0.05) is 14.9 Å². The van der Waals surface area contributed by atoms with E-state index in [1.807, 2.05) is 0 Å². The minimum Gasteiger partial charge on any atom is -0.662 e. The van der Waals surface area contributed by atoms with Crippen LogP contribution in [0, 0.1) is 0 Å². The molecule has 6 heteroatoms. The van der Waals surface area contributed by atoms with Gasteiger partial charge in [0.1, 0.15) is 0 Å². The SMILES string of the molecule is C.C.CN=S.O=CO[O-].[Na+]. The molecule has 0 aromatic rings. The van der Waals surface area contributed by atoms with Crippen molar-refractivity contribution in [2.45, 2.75) is 14.9 Å². The molecule has 0 N–H and O–H groups in total. The molecule has 0 aliphatic carbocycles. The fourth-order valence-corrected chi connectivity index (χ4v) is 0. The van der Waals surface area contributed by atoms with Crippen LogP contribution in [-0.4, -0.2) is 13.5 Å². The van der Waals surface area contributed by atoms with Crippen molar-refractivity contribution in [3.05, 3.63) is 0 Å². The van der Waals surface area contributed by atoms with Crippen molar-refractivity contribution < 1.29 is 44.5 Å². The van der Waals surface area contributed by atoms with Gasteiger partial charge in [0.2, 0.25) is 0 Å². The van der Waals surface area contributed by atoms with Gasteiger partial charge in [-0.05, 0) is 0 Å². The molecule has 4 nitrogen and oxygen atoms in total. The quantitative estimate of drug-likeness (QED) is 0.186. The van der Waals surface area contributed by atoms with Crippen LogP contribution < -0.4 is 34.8 Å². The van der Waals surface area contributed by atoms with E-state index < -0.39 is 0 Å². The molecule has 0 aromatic carbocycles. The summed E-state index contributed by atoms with van der Waals surface area (Å²) in [7, 11) is 1.56. The zero-order valence-electron chi connectivity index (χ0n) is 4.66. The van der Waals surface area contributed by atoms with E-state index in [9.17, 15) is 0 Å². The Bertz CT molecular complexity index is 55.8. The van der Waals surface area contributed by atoms with E-state index >= 15 is 0 Å². The van der Waals surface area contributed by atoms with E-state index in [1.165, 1.54) is 0 Å². The second-order valence-corrected chi connectivity index (χ2v) is 0.740. The van der Waals surface area contributed by atoms with Crippen LogP contribution >= 0.6 is 0 Å². The van der Waals surface area contributed by atoms with E-state index in [-0.39, 0.29) is 50.9 Å². The minimum absolute atomic E-state index is 0. The molecule has 0 bridgehead atoms. The largest absolute Gasteiger partial charge is 1.00 e. The van der Waals surface area contributed by atoms with Gasteiger partial charge in [0.25, 0.3) is 6.47 Å². The van der Waals surface area contributed by atoms with E-state index in [0.29, 0.717) is 0 Å². The van der Waals surface area contributed by atoms with Crippen molar-refractivity contribution >= 4 is 18.9 Å². The Morgan fingerprint density at radius 2 is 1.70 bits per heavy atom. The molecule has 0 atom stereocenters.